The molecule has 2 amide bonds. The lowest BCUT2D eigenvalue weighted by Crippen LogP contribution is -2.40. The number of carbonyl (C=O) groups excluding carboxylic acids is 2. The number of hydrogen-bond donors (Lipinski definition) is 1. The van der Waals surface area contributed by atoms with Crippen LogP contribution in [0.5, 0.6) is 0 Å². The molecule has 1 aliphatic rings. The number of halogens is 1. The Kier molecular flexibility index (Phi) is 6.36. The molecule has 0 aliphatic carbocycles. The molecule has 0 atom stereocenters. The van der Waals surface area contributed by atoms with E-state index in [1.165, 1.54) is 12.3 Å². The number of amides is 2. The molecule has 7 nitrogen and oxygen atoms in total. The summed E-state index contributed by atoms with van der Waals surface area (Å²) in [6.07, 6.45) is 1.43. The SMILES string of the molecule is O=C(Nc1cccc(C(=O)N2CCOCC2)c1)c1ccccc1-c1ncc(-c2ccccc2F)o1. The average molecular weight is 471 g/mol. The van der Waals surface area contributed by atoms with Crippen LogP contribution in [-0.2, 0) is 4.74 Å². The molecule has 0 radical (unpaired) electrons. The molecule has 1 aromatic heterocycles. The zero-order chi connectivity index (χ0) is 24.2. The molecule has 35 heavy (non-hydrogen) atoms. The van der Waals surface area contributed by atoms with Crippen molar-refractivity contribution in [3.8, 4) is 22.8 Å². The van der Waals surface area contributed by atoms with Gasteiger partial charge in [-0.3, -0.25) is 9.59 Å². The van der Waals surface area contributed by atoms with Crippen LogP contribution in [0.4, 0.5) is 10.1 Å². The number of nitrogens with one attached hydrogen (secondary N) is 1. The van der Waals surface area contributed by atoms with E-state index in [9.17, 15) is 14.0 Å². The summed E-state index contributed by atoms with van der Waals surface area (Å²) in [5.74, 6) is -0.451. The van der Waals surface area contributed by atoms with Gasteiger partial charge in [-0.15, -0.1) is 0 Å². The first-order valence-corrected chi connectivity index (χ1v) is 11.2. The van der Waals surface area contributed by atoms with E-state index in [0.717, 1.165) is 0 Å². The summed E-state index contributed by atoms with van der Waals surface area (Å²) in [5, 5.41) is 2.85. The Hall–Kier alpha value is -4.30. The van der Waals surface area contributed by atoms with Crippen LogP contribution in [0.1, 0.15) is 20.7 Å². The van der Waals surface area contributed by atoms with Crippen LogP contribution in [0, 0.1) is 5.82 Å². The van der Waals surface area contributed by atoms with Gasteiger partial charge in [0.2, 0.25) is 5.89 Å². The second-order valence-electron chi connectivity index (χ2n) is 7.99. The maximum absolute atomic E-state index is 14.2. The number of carbonyl (C=O) groups is 2. The fourth-order valence-electron chi connectivity index (χ4n) is 3.93. The fraction of sp³-hybridized carbons (Fsp3) is 0.148. The molecule has 0 unspecified atom stereocenters. The van der Waals surface area contributed by atoms with Gasteiger partial charge in [0.25, 0.3) is 11.8 Å². The molecular formula is C27H22FN3O4. The minimum Gasteiger partial charge on any atom is -0.436 e. The summed E-state index contributed by atoms with van der Waals surface area (Å²) in [4.78, 5) is 32.0. The molecule has 1 N–H and O–H groups in total. The van der Waals surface area contributed by atoms with E-state index in [1.807, 2.05) is 0 Å². The van der Waals surface area contributed by atoms with Gasteiger partial charge in [-0.1, -0.05) is 30.3 Å². The minimum absolute atomic E-state index is 0.106. The quantitative estimate of drug-likeness (QED) is 0.449. The van der Waals surface area contributed by atoms with Crippen molar-refractivity contribution in [2.45, 2.75) is 0 Å². The van der Waals surface area contributed by atoms with Gasteiger partial charge in [-0.05, 0) is 42.5 Å². The monoisotopic (exact) mass is 471 g/mol. The van der Waals surface area contributed by atoms with Crippen molar-refractivity contribution >= 4 is 17.5 Å². The molecule has 3 aromatic carbocycles. The molecule has 5 rings (SSSR count). The predicted octanol–water partition coefficient (Wildman–Crippen LogP) is 4.87. The largest absolute Gasteiger partial charge is 0.436 e. The van der Waals surface area contributed by atoms with Crippen LogP contribution >= 0.6 is 0 Å². The second-order valence-corrected chi connectivity index (χ2v) is 7.99. The number of nitrogens with zero attached hydrogens (tertiary/aromatic N) is 2. The molecule has 4 aromatic rings. The number of hydrogen-bond acceptors (Lipinski definition) is 5. The maximum atomic E-state index is 14.2. The Morgan fingerprint density at radius 3 is 2.46 bits per heavy atom. The van der Waals surface area contributed by atoms with Gasteiger partial charge >= 0.3 is 0 Å². The number of benzene rings is 3. The van der Waals surface area contributed by atoms with Crippen LogP contribution in [0.3, 0.4) is 0 Å². The standard InChI is InChI=1S/C27H22FN3O4/c28-23-11-4-3-10-22(23)24-17-29-26(35-24)21-9-2-1-8-20(21)25(32)30-19-7-5-6-18(16-19)27(33)31-12-14-34-15-13-31/h1-11,16-17H,12-15H2,(H,30,32). The second kappa shape index (κ2) is 9.90. The van der Waals surface area contributed by atoms with E-state index in [0.29, 0.717) is 48.7 Å². The third kappa shape index (κ3) is 4.83. The lowest BCUT2D eigenvalue weighted by Gasteiger charge is -2.27. The van der Waals surface area contributed by atoms with Crippen LogP contribution in [0.2, 0.25) is 0 Å². The Labute approximate surface area is 201 Å². The summed E-state index contributed by atoms with van der Waals surface area (Å²) in [6, 6.07) is 19.9. The van der Waals surface area contributed by atoms with E-state index < -0.39 is 5.82 Å². The highest BCUT2D eigenvalue weighted by molar-refractivity contribution is 6.08. The molecule has 8 heteroatoms. The topological polar surface area (TPSA) is 84.7 Å². The zero-order valence-corrected chi connectivity index (χ0v) is 18.7. The molecule has 0 spiro atoms. The van der Waals surface area contributed by atoms with Crippen molar-refractivity contribution in [2.75, 3.05) is 31.6 Å². The number of aromatic nitrogens is 1. The Morgan fingerprint density at radius 1 is 0.914 bits per heavy atom. The maximum Gasteiger partial charge on any atom is 0.256 e. The number of ether oxygens (including phenoxy) is 1. The van der Waals surface area contributed by atoms with Gasteiger partial charge in [-0.25, -0.2) is 9.37 Å². The number of morpholine rings is 1. The van der Waals surface area contributed by atoms with Gasteiger partial charge in [0.1, 0.15) is 5.82 Å². The Morgan fingerprint density at radius 2 is 1.66 bits per heavy atom. The van der Waals surface area contributed by atoms with Crippen molar-refractivity contribution < 1.29 is 23.1 Å². The van der Waals surface area contributed by atoms with Crippen LogP contribution in [0.15, 0.2) is 83.4 Å². The summed E-state index contributed by atoms with van der Waals surface area (Å²) < 4.78 is 25.3. The molecular weight excluding hydrogens is 449 g/mol. The zero-order valence-electron chi connectivity index (χ0n) is 18.7. The highest BCUT2D eigenvalue weighted by Gasteiger charge is 2.20. The fourth-order valence-corrected chi connectivity index (χ4v) is 3.93. The summed E-state index contributed by atoms with van der Waals surface area (Å²) >= 11 is 0. The molecule has 0 bridgehead atoms. The van der Waals surface area contributed by atoms with E-state index in [-0.39, 0.29) is 29.0 Å². The summed E-state index contributed by atoms with van der Waals surface area (Å²) in [6.45, 7) is 2.10. The van der Waals surface area contributed by atoms with Gasteiger partial charge in [0, 0.05) is 29.9 Å². The van der Waals surface area contributed by atoms with Gasteiger partial charge in [0.15, 0.2) is 5.76 Å². The summed E-state index contributed by atoms with van der Waals surface area (Å²) in [7, 11) is 0. The van der Waals surface area contributed by atoms with Crippen LogP contribution < -0.4 is 5.32 Å². The highest BCUT2D eigenvalue weighted by atomic mass is 19.1. The van der Waals surface area contributed by atoms with Crippen molar-refractivity contribution in [3.05, 3.63) is 95.9 Å². The molecule has 176 valence electrons. The van der Waals surface area contributed by atoms with Crippen molar-refractivity contribution in [3.63, 3.8) is 0 Å². The van der Waals surface area contributed by atoms with Crippen molar-refractivity contribution in [1.82, 2.24) is 9.88 Å². The molecule has 0 saturated carbocycles. The van der Waals surface area contributed by atoms with Crippen molar-refractivity contribution in [1.29, 1.82) is 0 Å². The van der Waals surface area contributed by atoms with Gasteiger partial charge < -0.3 is 19.4 Å². The molecule has 2 heterocycles. The minimum atomic E-state index is -0.423. The average Bonchev–Trinajstić information content (AvgIpc) is 3.39. The number of rotatable bonds is 5. The summed E-state index contributed by atoms with van der Waals surface area (Å²) in [5.41, 5.74) is 2.06. The van der Waals surface area contributed by atoms with E-state index in [1.54, 1.807) is 71.6 Å². The first kappa shape index (κ1) is 22.5. The van der Waals surface area contributed by atoms with Crippen molar-refractivity contribution in [2.24, 2.45) is 0 Å². The lowest BCUT2D eigenvalue weighted by atomic mass is 10.1. The molecule has 1 saturated heterocycles. The van der Waals surface area contributed by atoms with Crippen LogP contribution in [-0.4, -0.2) is 48.0 Å². The van der Waals surface area contributed by atoms with E-state index >= 15 is 0 Å². The number of anilines is 1. The third-order valence-corrected chi connectivity index (χ3v) is 5.71. The smallest absolute Gasteiger partial charge is 0.256 e. The van der Waals surface area contributed by atoms with Crippen LogP contribution in [0.25, 0.3) is 22.8 Å². The predicted molar refractivity (Wildman–Crippen MR) is 128 cm³/mol. The van der Waals surface area contributed by atoms with E-state index in [2.05, 4.69) is 10.3 Å². The first-order chi connectivity index (χ1) is 17.1. The van der Waals surface area contributed by atoms with E-state index in [4.69, 9.17) is 9.15 Å². The highest BCUT2D eigenvalue weighted by Crippen LogP contribution is 2.30. The Balaban J connectivity index is 1.38. The molecule has 1 fully saturated rings. The third-order valence-electron chi connectivity index (χ3n) is 5.71. The lowest BCUT2D eigenvalue weighted by molar-refractivity contribution is 0.0303. The van der Waals surface area contributed by atoms with Gasteiger partial charge in [0.05, 0.1) is 30.5 Å². The van der Waals surface area contributed by atoms with Gasteiger partial charge in [-0.2, -0.15) is 0 Å². The molecule has 1 aliphatic heterocycles. The Bertz CT molecular complexity index is 1380. The normalized spacial score (nSPS) is 13.5. The number of oxazole rings is 1. The first-order valence-electron chi connectivity index (χ1n) is 11.2.